The van der Waals surface area contributed by atoms with Gasteiger partial charge >= 0.3 is 0 Å². The summed E-state index contributed by atoms with van der Waals surface area (Å²) in [7, 11) is 1.89. The number of piperazine rings is 1. The van der Waals surface area contributed by atoms with Gasteiger partial charge in [-0.1, -0.05) is 27.7 Å². The molecule has 0 amide bonds. The molecule has 20 heavy (non-hydrogen) atoms. The number of nitrogens with zero attached hydrogens (tertiary/aromatic N) is 1. The summed E-state index contributed by atoms with van der Waals surface area (Å²) in [5.41, 5.74) is 0.312. The molecule has 0 aromatic heterocycles. The molecule has 1 N–H and O–H groups in total. The van der Waals surface area contributed by atoms with Gasteiger partial charge in [-0.05, 0) is 38.0 Å². The molecule has 1 heterocycles. The van der Waals surface area contributed by atoms with Gasteiger partial charge in [0.05, 0.1) is 6.10 Å². The van der Waals surface area contributed by atoms with Gasteiger partial charge in [0, 0.05) is 37.8 Å². The summed E-state index contributed by atoms with van der Waals surface area (Å²) in [4.78, 5) is 2.80. The maximum Gasteiger partial charge on any atom is 0.0726 e. The zero-order valence-electron chi connectivity index (χ0n) is 14.1. The van der Waals surface area contributed by atoms with Gasteiger partial charge in [0.25, 0.3) is 0 Å². The van der Waals surface area contributed by atoms with Crippen molar-refractivity contribution in [3.05, 3.63) is 0 Å². The molecule has 3 unspecified atom stereocenters. The summed E-state index contributed by atoms with van der Waals surface area (Å²) in [6.45, 7) is 11.7. The van der Waals surface area contributed by atoms with Gasteiger partial charge in [0.15, 0.2) is 0 Å². The third-order valence-electron chi connectivity index (χ3n) is 5.87. The van der Waals surface area contributed by atoms with E-state index in [1.165, 1.54) is 38.6 Å². The van der Waals surface area contributed by atoms with Crippen molar-refractivity contribution in [2.24, 2.45) is 5.92 Å². The van der Waals surface area contributed by atoms with Crippen LogP contribution >= 0.6 is 0 Å². The Balaban J connectivity index is 2.18. The molecule has 1 aliphatic carbocycles. The number of hydrogen-bond acceptors (Lipinski definition) is 3. The van der Waals surface area contributed by atoms with Crippen molar-refractivity contribution < 1.29 is 4.74 Å². The van der Waals surface area contributed by atoms with Gasteiger partial charge in [-0.25, -0.2) is 0 Å². The van der Waals surface area contributed by atoms with E-state index in [4.69, 9.17) is 4.74 Å². The lowest BCUT2D eigenvalue weighted by Crippen LogP contribution is -2.67. The molecule has 1 saturated carbocycles. The molecule has 3 nitrogen and oxygen atoms in total. The van der Waals surface area contributed by atoms with Crippen LogP contribution in [0.3, 0.4) is 0 Å². The van der Waals surface area contributed by atoms with E-state index in [0.717, 1.165) is 6.54 Å². The number of nitrogens with one attached hydrogen (secondary N) is 1. The first-order chi connectivity index (χ1) is 9.56. The largest absolute Gasteiger partial charge is 0.380 e. The zero-order chi connectivity index (χ0) is 14.8. The summed E-state index contributed by atoms with van der Waals surface area (Å²) < 4.78 is 5.78. The average molecular weight is 282 g/mol. The van der Waals surface area contributed by atoms with Crippen molar-refractivity contribution in [3.8, 4) is 0 Å². The van der Waals surface area contributed by atoms with Crippen LogP contribution in [0, 0.1) is 5.92 Å². The molecule has 3 heteroatoms. The van der Waals surface area contributed by atoms with E-state index in [1.54, 1.807) is 0 Å². The highest BCUT2D eigenvalue weighted by atomic mass is 16.5. The second-order valence-electron chi connectivity index (χ2n) is 7.12. The molecule has 0 radical (unpaired) electrons. The van der Waals surface area contributed by atoms with E-state index in [0.29, 0.717) is 29.6 Å². The fourth-order valence-corrected chi connectivity index (χ4v) is 4.23. The number of methoxy groups -OCH3 is 1. The van der Waals surface area contributed by atoms with Gasteiger partial charge in [0.1, 0.15) is 0 Å². The van der Waals surface area contributed by atoms with Crippen LogP contribution in [0.25, 0.3) is 0 Å². The Morgan fingerprint density at radius 1 is 1.25 bits per heavy atom. The van der Waals surface area contributed by atoms with E-state index in [1.807, 2.05) is 7.11 Å². The van der Waals surface area contributed by atoms with E-state index in [2.05, 4.69) is 37.9 Å². The Morgan fingerprint density at radius 3 is 2.50 bits per heavy atom. The minimum absolute atomic E-state index is 0.312. The monoisotopic (exact) mass is 282 g/mol. The summed E-state index contributed by atoms with van der Waals surface area (Å²) in [6, 6.07) is 1.29. The third-order valence-corrected chi connectivity index (χ3v) is 5.87. The van der Waals surface area contributed by atoms with Crippen molar-refractivity contribution in [1.29, 1.82) is 0 Å². The lowest BCUT2D eigenvalue weighted by molar-refractivity contribution is -0.0340. The minimum Gasteiger partial charge on any atom is -0.380 e. The standard InChI is InChI=1S/C17H34N2O/c1-6-17(7-2)12-19(15(11-18-17)13(3)4)14-9-8-10-16(14)20-5/h13-16,18H,6-12H2,1-5H3. The fraction of sp³-hybridized carbons (Fsp3) is 1.00. The Morgan fingerprint density at radius 2 is 1.95 bits per heavy atom. The highest BCUT2D eigenvalue weighted by Crippen LogP contribution is 2.34. The normalized spacial score (nSPS) is 34.8. The molecule has 118 valence electrons. The summed E-state index contributed by atoms with van der Waals surface area (Å²) in [5, 5.41) is 3.87. The maximum absolute atomic E-state index is 5.78. The highest BCUT2D eigenvalue weighted by Gasteiger charge is 2.44. The van der Waals surface area contributed by atoms with Gasteiger partial charge in [-0.15, -0.1) is 0 Å². The molecule has 1 saturated heterocycles. The van der Waals surface area contributed by atoms with Crippen LogP contribution in [0.4, 0.5) is 0 Å². The lowest BCUT2D eigenvalue weighted by atomic mass is 9.85. The van der Waals surface area contributed by atoms with Crippen molar-refractivity contribution in [3.63, 3.8) is 0 Å². The van der Waals surface area contributed by atoms with Crippen LogP contribution in [0.2, 0.25) is 0 Å². The first-order valence-electron chi connectivity index (χ1n) is 8.60. The second-order valence-corrected chi connectivity index (χ2v) is 7.12. The molecule has 0 aromatic carbocycles. The van der Waals surface area contributed by atoms with Crippen molar-refractivity contribution in [2.45, 2.75) is 83.5 Å². The van der Waals surface area contributed by atoms with Gasteiger partial charge < -0.3 is 10.1 Å². The van der Waals surface area contributed by atoms with Crippen LogP contribution in [-0.2, 0) is 4.74 Å². The van der Waals surface area contributed by atoms with Gasteiger partial charge in [-0.2, -0.15) is 0 Å². The Bertz CT molecular complexity index is 301. The smallest absolute Gasteiger partial charge is 0.0726 e. The van der Waals surface area contributed by atoms with Crippen molar-refractivity contribution in [2.75, 3.05) is 20.2 Å². The summed E-state index contributed by atoms with van der Waals surface area (Å²) in [5.74, 6) is 0.701. The van der Waals surface area contributed by atoms with Crippen LogP contribution < -0.4 is 5.32 Å². The highest BCUT2D eigenvalue weighted by molar-refractivity contribution is 5.02. The molecular weight excluding hydrogens is 248 g/mol. The van der Waals surface area contributed by atoms with Crippen LogP contribution in [0.5, 0.6) is 0 Å². The molecule has 2 rings (SSSR count). The quantitative estimate of drug-likeness (QED) is 0.839. The first-order valence-corrected chi connectivity index (χ1v) is 8.60. The Labute approximate surface area is 125 Å². The third kappa shape index (κ3) is 3.05. The first kappa shape index (κ1) is 16.3. The molecule has 0 spiro atoms. The van der Waals surface area contributed by atoms with Gasteiger partial charge in [0.2, 0.25) is 0 Å². The molecule has 0 aromatic rings. The Kier molecular flexibility index (Phi) is 5.49. The number of hydrogen-bond donors (Lipinski definition) is 1. The molecular formula is C17H34N2O. The predicted octanol–water partition coefficient (Wildman–Crippen LogP) is 3.04. The zero-order valence-corrected chi connectivity index (χ0v) is 14.1. The maximum atomic E-state index is 5.78. The van der Waals surface area contributed by atoms with Crippen LogP contribution in [0.15, 0.2) is 0 Å². The fourth-order valence-electron chi connectivity index (χ4n) is 4.23. The van der Waals surface area contributed by atoms with E-state index in [9.17, 15) is 0 Å². The number of rotatable bonds is 5. The van der Waals surface area contributed by atoms with E-state index < -0.39 is 0 Å². The molecule has 0 bridgehead atoms. The van der Waals surface area contributed by atoms with Gasteiger partial charge in [-0.3, -0.25) is 4.90 Å². The number of ether oxygens (including phenoxy) is 1. The SMILES string of the molecule is CCC1(CC)CN(C2CCCC2OC)C(C(C)C)CN1. The van der Waals surface area contributed by atoms with E-state index in [-0.39, 0.29) is 0 Å². The average Bonchev–Trinajstić information content (AvgIpc) is 2.94. The molecule has 2 aliphatic rings. The van der Waals surface area contributed by atoms with Crippen molar-refractivity contribution >= 4 is 0 Å². The lowest BCUT2D eigenvalue weighted by Gasteiger charge is -2.52. The minimum atomic E-state index is 0.312. The Hall–Kier alpha value is -0.120. The van der Waals surface area contributed by atoms with Crippen LogP contribution in [-0.4, -0.2) is 48.8 Å². The van der Waals surface area contributed by atoms with E-state index >= 15 is 0 Å². The topological polar surface area (TPSA) is 24.5 Å². The summed E-state index contributed by atoms with van der Waals surface area (Å²) >= 11 is 0. The second kappa shape index (κ2) is 6.76. The molecule has 1 aliphatic heterocycles. The summed E-state index contributed by atoms with van der Waals surface area (Å²) in [6.07, 6.45) is 6.75. The molecule has 2 fully saturated rings. The van der Waals surface area contributed by atoms with Crippen LogP contribution in [0.1, 0.15) is 59.8 Å². The molecule has 3 atom stereocenters. The van der Waals surface area contributed by atoms with Crippen molar-refractivity contribution in [1.82, 2.24) is 10.2 Å². The predicted molar refractivity (Wildman–Crippen MR) is 85.1 cm³/mol.